The molecule has 3 heterocycles. The molecule has 6 heteroatoms. The number of ether oxygens (including phenoxy) is 2. The molecular weight excluding hydrogens is 342 g/mol. The maximum absolute atomic E-state index is 13.1. The van der Waals surface area contributed by atoms with E-state index in [4.69, 9.17) is 21.1 Å². The fraction of sp³-hybridized carbons (Fsp3) is 0.474. The minimum absolute atomic E-state index is 0.105. The molecule has 1 unspecified atom stereocenters. The average Bonchev–Trinajstić information content (AvgIpc) is 3.23. The van der Waals surface area contributed by atoms with Crippen LogP contribution in [-0.4, -0.2) is 36.7 Å². The van der Waals surface area contributed by atoms with Gasteiger partial charge < -0.3 is 14.4 Å². The van der Waals surface area contributed by atoms with Crippen molar-refractivity contribution in [2.45, 2.75) is 31.5 Å². The molecule has 1 aromatic rings. The maximum Gasteiger partial charge on any atom is 0.312 e. The zero-order chi connectivity index (χ0) is 17.6. The first-order chi connectivity index (χ1) is 12.1. The van der Waals surface area contributed by atoms with Crippen LogP contribution in [0.25, 0.3) is 0 Å². The Morgan fingerprint density at radius 2 is 2.32 bits per heavy atom. The first-order valence-electron chi connectivity index (χ1n) is 8.66. The van der Waals surface area contributed by atoms with Crippen LogP contribution in [0.4, 0.5) is 5.69 Å². The Kier molecular flexibility index (Phi) is 4.08. The van der Waals surface area contributed by atoms with Crippen molar-refractivity contribution in [3.63, 3.8) is 0 Å². The van der Waals surface area contributed by atoms with Gasteiger partial charge in [-0.1, -0.05) is 43.2 Å². The molecule has 0 radical (unpaired) electrons. The number of hydrogen-bond donors (Lipinski definition) is 0. The Balaban J connectivity index is 1.60. The standard InChI is InChI=1S/C19H20ClNO4/c1-2-3-9-24-18(23)15-14-7-8-19(25-14)11-21(17(22)16(15)19)13-6-4-5-12(20)10-13/h4-8,10,14-16H,2-3,9,11H2,1H3/t14-,15?,16+,19-/m1/s1. The molecular formula is C19H20ClNO4. The topological polar surface area (TPSA) is 55.8 Å². The summed E-state index contributed by atoms with van der Waals surface area (Å²) >= 11 is 6.06. The Labute approximate surface area is 151 Å². The number of anilines is 1. The number of hydrogen-bond acceptors (Lipinski definition) is 4. The van der Waals surface area contributed by atoms with E-state index in [2.05, 4.69) is 0 Å². The van der Waals surface area contributed by atoms with E-state index in [-0.39, 0.29) is 18.0 Å². The van der Waals surface area contributed by atoms with Crippen molar-refractivity contribution in [3.05, 3.63) is 41.4 Å². The van der Waals surface area contributed by atoms with E-state index in [1.807, 2.05) is 25.1 Å². The van der Waals surface area contributed by atoms with Crippen molar-refractivity contribution in [2.24, 2.45) is 11.8 Å². The lowest BCUT2D eigenvalue weighted by Gasteiger charge is -2.22. The molecule has 3 aliphatic rings. The number of halogens is 1. The van der Waals surface area contributed by atoms with Gasteiger partial charge in [-0.2, -0.15) is 0 Å². The Morgan fingerprint density at radius 3 is 3.08 bits per heavy atom. The van der Waals surface area contributed by atoms with Gasteiger partial charge in [-0.15, -0.1) is 0 Å². The van der Waals surface area contributed by atoms with Crippen molar-refractivity contribution in [3.8, 4) is 0 Å². The number of esters is 1. The van der Waals surface area contributed by atoms with Gasteiger partial charge in [0, 0.05) is 10.7 Å². The highest BCUT2D eigenvalue weighted by molar-refractivity contribution is 6.31. The van der Waals surface area contributed by atoms with Gasteiger partial charge in [0.25, 0.3) is 0 Å². The number of fused-ring (bicyclic) bond motifs is 1. The summed E-state index contributed by atoms with van der Waals surface area (Å²) < 4.78 is 11.5. The predicted octanol–water partition coefficient (Wildman–Crippen LogP) is 2.97. The Morgan fingerprint density at radius 1 is 1.48 bits per heavy atom. The minimum Gasteiger partial charge on any atom is -0.465 e. The summed E-state index contributed by atoms with van der Waals surface area (Å²) in [6.07, 6.45) is 5.22. The van der Waals surface area contributed by atoms with Crippen LogP contribution < -0.4 is 4.90 Å². The van der Waals surface area contributed by atoms with Crippen molar-refractivity contribution >= 4 is 29.2 Å². The number of rotatable bonds is 5. The summed E-state index contributed by atoms with van der Waals surface area (Å²) in [5.41, 5.74) is -0.0155. The first-order valence-corrected chi connectivity index (χ1v) is 9.04. The van der Waals surface area contributed by atoms with E-state index in [1.54, 1.807) is 23.1 Å². The third-order valence-corrected chi connectivity index (χ3v) is 5.47. The fourth-order valence-electron chi connectivity index (χ4n) is 4.04. The summed E-state index contributed by atoms with van der Waals surface area (Å²) in [6, 6.07) is 7.16. The molecule has 0 N–H and O–H groups in total. The van der Waals surface area contributed by atoms with Crippen molar-refractivity contribution in [2.75, 3.05) is 18.1 Å². The zero-order valence-corrected chi connectivity index (χ0v) is 14.7. The van der Waals surface area contributed by atoms with Gasteiger partial charge in [0.2, 0.25) is 5.91 Å². The minimum atomic E-state index is -0.738. The molecule has 132 valence electrons. The van der Waals surface area contributed by atoms with Gasteiger partial charge in [-0.3, -0.25) is 9.59 Å². The largest absolute Gasteiger partial charge is 0.465 e. The van der Waals surface area contributed by atoms with Crippen LogP contribution in [0.15, 0.2) is 36.4 Å². The van der Waals surface area contributed by atoms with Crippen LogP contribution in [-0.2, 0) is 19.1 Å². The average molecular weight is 362 g/mol. The molecule has 1 spiro atoms. The SMILES string of the molecule is CCCCOC(=O)C1[C@H]2C(=O)N(c3cccc(Cl)c3)C[C@]23C=C[C@H]1O3. The van der Waals surface area contributed by atoms with Crippen molar-refractivity contribution in [1.29, 1.82) is 0 Å². The Bertz CT molecular complexity index is 749. The third kappa shape index (κ3) is 2.57. The Hall–Kier alpha value is -1.85. The highest BCUT2D eigenvalue weighted by atomic mass is 35.5. The van der Waals surface area contributed by atoms with Gasteiger partial charge in [0.15, 0.2) is 0 Å². The van der Waals surface area contributed by atoms with E-state index >= 15 is 0 Å². The van der Waals surface area contributed by atoms with Crippen LogP contribution in [0.5, 0.6) is 0 Å². The summed E-state index contributed by atoms with van der Waals surface area (Å²) in [6.45, 7) is 2.81. The number of amides is 1. The van der Waals surface area contributed by atoms with E-state index in [0.717, 1.165) is 18.5 Å². The van der Waals surface area contributed by atoms with Gasteiger partial charge in [-0.05, 0) is 24.6 Å². The van der Waals surface area contributed by atoms with Gasteiger partial charge >= 0.3 is 5.97 Å². The summed E-state index contributed by atoms with van der Waals surface area (Å²) in [7, 11) is 0. The molecule has 2 saturated heterocycles. The second kappa shape index (κ2) is 6.15. The molecule has 1 aromatic carbocycles. The van der Waals surface area contributed by atoms with Crippen LogP contribution in [0.1, 0.15) is 19.8 Å². The highest BCUT2D eigenvalue weighted by Gasteiger charge is 2.67. The summed E-state index contributed by atoms with van der Waals surface area (Å²) in [4.78, 5) is 27.3. The number of unbranched alkanes of at least 4 members (excludes halogenated alkanes) is 1. The van der Waals surface area contributed by atoms with Crippen LogP contribution in [0.2, 0.25) is 5.02 Å². The molecule has 0 saturated carbocycles. The highest BCUT2D eigenvalue weighted by Crippen LogP contribution is 2.53. The fourth-order valence-corrected chi connectivity index (χ4v) is 4.23. The molecule has 3 aliphatic heterocycles. The second-order valence-electron chi connectivity index (χ2n) is 6.83. The zero-order valence-electron chi connectivity index (χ0n) is 14.0. The normalized spacial score (nSPS) is 32.3. The number of carbonyl (C=O) groups is 2. The molecule has 1 amide bonds. The molecule has 0 aromatic heterocycles. The van der Waals surface area contributed by atoms with E-state index in [0.29, 0.717) is 18.2 Å². The molecule has 5 nitrogen and oxygen atoms in total. The van der Waals surface area contributed by atoms with E-state index < -0.39 is 17.4 Å². The first kappa shape index (κ1) is 16.6. The summed E-state index contributed by atoms with van der Waals surface area (Å²) in [5.74, 6) is -1.54. The lowest BCUT2D eigenvalue weighted by molar-refractivity contribution is -0.152. The molecule has 4 atom stereocenters. The second-order valence-corrected chi connectivity index (χ2v) is 7.26. The van der Waals surface area contributed by atoms with E-state index in [1.165, 1.54) is 0 Å². The predicted molar refractivity (Wildman–Crippen MR) is 93.4 cm³/mol. The quantitative estimate of drug-likeness (QED) is 0.459. The van der Waals surface area contributed by atoms with Crippen LogP contribution in [0.3, 0.4) is 0 Å². The maximum atomic E-state index is 13.1. The molecule has 25 heavy (non-hydrogen) atoms. The van der Waals surface area contributed by atoms with Crippen LogP contribution in [0, 0.1) is 11.8 Å². The van der Waals surface area contributed by atoms with E-state index in [9.17, 15) is 9.59 Å². The third-order valence-electron chi connectivity index (χ3n) is 5.23. The van der Waals surface area contributed by atoms with Gasteiger partial charge in [0.05, 0.1) is 25.2 Å². The van der Waals surface area contributed by atoms with Gasteiger partial charge in [-0.25, -0.2) is 0 Å². The van der Waals surface area contributed by atoms with Crippen molar-refractivity contribution < 1.29 is 19.1 Å². The monoisotopic (exact) mass is 361 g/mol. The lowest BCUT2D eigenvalue weighted by atomic mass is 9.77. The molecule has 4 rings (SSSR count). The van der Waals surface area contributed by atoms with Crippen LogP contribution >= 0.6 is 11.6 Å². The number of carbonyl (C=O) groups excluding carboxylic acids is 2. The summed E-state index contributed by atoms with van der Waals surface area (Å²) in [5, 5.41) is 0.566. The molecule has 2 fully saturated rings. The number of nitrogens with zero attached hydrogens (tertiary/aromatic N) is 1. The molecule has 0 aliphatic carbocycles. The smallest absolute Gasteiger partial charge is 0.312 e. The number of benzene rings is 1. The van der Waals surface area contributed by atoms with Crippen molar-refractivity contribution in [1.82, 2.24) is 0 Å². The van der Waals surface area contributed by atoms with Gasteiger partial charge in [0.1, 0.15) is 11.5 Å². The molecule has 2 bridgehead atoms. The lowest BCUT2D eigenvalue weighted by Crippen LogP contribution is -2.40.